The van der Waals surface area contributed by atoms with Crippen molar-refractivity contribution in [1.82, 2.24) is 9.97 Å². The van der Waals surface area contributed by atoms with Crippen LogP contribution in [-0.4, -0.2) is 16.6 Å². The number of hydrogen-bond donors (Lipinski definition) is 1. The fourth-order valence-electron chi connectivity index (χ4n) is 1.98. The van der Waals surface area contributed by atoms with Crippen molar-refractivity contribution in [2.75, 3.05) is 6.61 Å². The summed E-state index contributed by atoms with van der Waals surface area (Å²) in [5, 5.41) is 0.328. The second-order valence-electron chi connectivity index (χ2n) is 5.01. The number of rotatable bonds is 5. The van der Waals surface area contributed by atoms with Gasteiger partial charge in [0.2, 0.25) is 5.71 Å². The van der Waals surface area contributed by atoms with Crippen molar-refractivity contribution < 1.29 is 9.15 Å². The maximum atomic E-state index is 12.1. The highest BCUT2D eigenvalue weighted by molar-refractivity contribution is 5.75. The maximum absolute atomic E-state index is 12.1. The van der Waals surface area contributed by atoms with Crippen LogP contribution in [0.25, 0.3) is 11.1 Å². The van der Waals surface area contributed by atoms with Crippen LogP contribution < -0.4 is 15.9 Å². The van der Waals surface area contributed by atoms with E-state index in [4.69, 9.17) is 9.15 Å². The Morgan fingerprint density at radius 2 is 2.15 bits per heavy atom. The Labute approximate surface area is 115 Å². The Morgan fingerprint density at radius 3 is 2.80 bits per heavy atom. The van der Waals surface area contributed by atoms with E-state index in [1.165, 1.54) is 6.07 Å². The molecule has 2 aromatic heterocycles. The van der Waals surface area contributed by atoms with Crippen LogP contribution in [0.15, 0.2) is 20.1 Å². The predicted octanol–water partition coefficient (Wildman–Crippen LogP) is 1.86. The molecule has 0 aliphatic rings. The lowest BCUT2D eigenvalue weighted by atomic mass is 10.0. The molecule has 0 aliphatic carbocycles. The number of nitrogens with zero attached hydrogens (tertiary/aromatic N) is 1. The highest BCUT2D eigenvalue weighted by Gasteiger charge is 2.13. The van der Waals surface area contributed by atoms with Crippen LogP contribution in [0, 0.1) is 5.92 Å². The van der Waals surface area contributed by atoms with Crippen LogP contribution in [-0.2, 0) is 6.42 Å². The molecule has 0 aromatic carbocycles. The lowest BCUT2D eigenvalue weighted by molar-refractivity contribution is 0.311. The van der Waals surface area contributed by atoms with E-state index < -0.39 is 5.63 Å². The molecule has 108 valence electrons. The van der Waals surface area contributed by atoms with E-state index in [0.29, 0.717) is 29.9 Å². The molecule has 0 saturated heterocycles. The minimum absolute atomic E-state index is 0.0310. The molecule has 0 radical (unpaired) electrons. The quantitative estimate of drug-likeness (QED) is 0.902. The third-order valence-electron chi connectivity index (χ3n) is 2.95. The molecular weight excluding hydrogens is 260 g/mol. The zero-order valence-corrected chi connectivity index (χ0v) is 11.9. The number of H-pyrrole nitrogens is 1. The normalized spacial score (nSPS) is 11.2. The van der Waals surface area contributed by atoms with Crippen LogP contribution in [0.5, 0.6) is 6.01 Å². The van der Waals surface area contributed by atoms with E-state index in [0.717, 1.165) is 6.42 Å². The number of aromatic nitrogens is 2. The first kappa shape index (κ1) is 14.3. The molecule has 6 heteroatoms. The van der Waals surface area contributed by atoms with Gasteiger partial charge in [-0.2, -0.15) is 4.98 Å². The van der Waals surface area contributed by atoms with E-state index >= 15 is 0 Å². The molecule has 1 N–H and O–H groups in total. The summed E-state index contributed by atoms with van der Waals surface area (Å²) in [6.07, 6.45) is 1.52. The molecule has 20 heavy (non-hydrogen) atoms. The van der Waals surface area contributed by atoms with Gasteiger partial charge in [0.1, 0.15) is 5.39 Å². The first-order chi connectivity index (χ1) is 9.51. The largest absolute Gasteiger partial charge is 0.465 e. The summed E-state index contributed by atoms with van der Waals surface area (Å²) < 4.78 is 10.2. The summed E-state index contributed by atoms with van der Waals surface area (Å²) in [4.78, 5) is 30.3. The van der Waals surface area contributed by atoms with Crippen LogP contribution >= 0.6 is 0 Å². The van der Waals surface area contributed by atoms with Crippen molar-refractivity contribution in [2.45, 2.75) is 33.6 Å². The minimum atomic E-state index is -0.503. The van der Waals surface area contributed by atoms with Crippen molar-refractivity contribution in [3.8, 4) is 6.01 Å². The number of aromatic amines is 1. The van der Waals surface area contributed by atoms with Crippen molar-refractivity contribution in [2.24, 2.45) is 5.92 Å². The number of ether oxygens (including phenoxy) is 1. The molecular formula is C14H18N2O4. The van der Waals surface area contributed by atoms with Gasteiger partial charge in [0.05, 0.1) is 6.61 Å². The van der Waals surface area contributed by atoms with Gasteiger partial charge in [-0.3, -0.25) is 9.78 Å². The summed E-state index contributed by atoms with van der Waals surface area (Å²) in [5.74, 6) is 0.479. The Kier molecular flexibility index (Phi) is 4.22. The predicted molar refractivity (Wildman–Crippen MR) is 75.2 cm³/mol. The Morgan fingerprint density at radius 1 is 1.40 bits per heavy atom. The van der Waals surface area contributed by atoms with E-state index in [1.54, 1.807) is 6.92 Å². The third-order valence-corrected chi connectivity index (χ3v) is 2.95. The molecule has 0 amide bonds. The van der Waals surface area contributed by atoms with E-state index in [2.05, 4.69) is 23.8 Å². The SMILES string of the molecule is CCOc1nc2oc(=O)cc(CCC(C)C)c2c(=O)[nH]1. The van der Waals surface area contributed by atoms with Gasteiger partial charge in [-0.15, -0.1) is 0 Å². The molecule has 0 unspecified atom stereocenters. The second kappa shape index (κ2) is 5.90. The van der Waals surface area contributed by atoms with E-state index in [9.17, 15) is 9.59 Å². The molecule has 0 aliphatic heterocycles. The third kappa shape index (κ3) is 3.07. The molecule has 2 rings (SSSR count). The number of nitrogens with one attached hydrogen (secondary N) is 1. The van der Waals surface area contributed by atoms with Crippen molar-refractivity contribution in [3.63, 3.8) is 0 Å². The minimum Gasteiger partial charge on any atom is -0.465 e. The summed E-state index contributed by atoms with van der Waals surface area (Å²) in [7, 11) is 0. The molecule has 2 heterocycles. The fourth-order valence-corrected chi connectivity index (χ4v) is 1.98. The average Bonchev–Trinajstić information content (AvgIpc) is 2.35. The van der Waals surface area contributed by atoms with Crippen molar-refractivity contribution in [3.05, 3.63) is 32.4 Å². The lowest BCUT2D eigenvalue weighted by Crippen LogP contribution is -2.15. The summed E-state index contributed by atoms with van der Waals surface area (Å²) >= 11 is 0. The van der Waals surface area contributed by atoms with Gasteiger partial charge in [-0.05, 0) is 31.2 Å². The number of aryl methyl sites for hydroxylation is 1. The van der Waals surface area contributed by atoms with Gasteiger partial charge >= 0.3 is 5.63 Å². The highest BCUT2D eigenvalue weighted by atomic mass is 16.5. The van der Waals surface area contributed by atoms with Crippen molar-refractivity contribution >= 4 is 11.1 Å². The van der Waals surface area contributed by atoms with Crippen LogP contribution in [0.4, 0.5) is 0 Å². The van der Waals surface area contributed by atoms with Crippen LogP contribution in [0.2, 0.25) is 0 Å². The van der Waals surface area contributed by atoms with Gasteiger partial charge < -0.3 is 9.15 Å². The fraction of sp³-hybridized carbons (Fsp3) is 0.500. The molecule has 0 atom stereocenters. The Balaban J connectivity index is 2.58. The monoisotopic (exact) mass is 278 g/mol. The standard InChI is InChI=1S/C14H18N2O4/c1-4-19-14-15-12(18)11-9(6-5-8(2)3)7-10(17)20-13(11)16-14/h7-8H,4-6H2,1-3H3,(H,15,16,18). The van der Waals surface area contributed by atoms with Gasteiger partial charge in [-0.25, -0.2) is 4.79 Å². The average molecular weight is 278 g/mol. The molecule has 6 nitrogen and oxygen atoms in total. The summed E-state index contributed by atoms with van der Waals surface area (Å²) in [6, 6.07) is 1.43. The van der Waals surface area contributed by atoms with Crippen LogP contribution in [0.1, 0.15) is 32.8 Å². The van der Waals surface area contributed by atoms with Crippen LogP contribution in [0.3, 0.4) is 0 Å². The van der Waals surface area contributed by atoms with Gasteiger partial charge in [0, 0.05) is 6.07 Å². The molecule has 0 saturated carbocycles. The first-order valence-corrected chi connectivity index (χ1v) is 6.71. The topological polar surface area (TPSA) is 85.2 Å². The zero-order valence-electron chi connectivity index (χ0n) is 11.9. The number of fused-ring (bicyclic) bond motifs is 1. The summed E-state index contributed by atoms with van der Waals surface area (Å²) in [6.45, 7) is 6.32. The van der Waals surface area contributed by atoms with Crippen molar-refractivity contribution in [1.29, 1.82) is 0 Å². The molecule has 0 fully saturated rings. The molecule has 0 bridgehead atoms. The Hall–Kier alpha value is -2.11. The van der Waals surface area contributed by atoms with Gasteiger partial charge in [0.15, 0.2) is 0 Å². The van der Waals surface area contributed by atoms with E-state index in [-0.39, 0.29) is 17.3 Å². The lowest BCUT2D eigenvalue weighted by Gasteiger charge is -2.07. The summed E-state index contributed by atoms with van der Waals surface area (Å²) in [5.41, 5.74) is -0.150. The highest BCUT2D eigenvalue weighted by Crippen LogP contribution is 2.16. The van der Waals surface area contributed by atoms with Gasteiger partial charge in [0.25, 0.3) is 11.6 Å². The molecule has 2 aromatic rings. The first-order valence-electron chi connectivity index (χ1n) is 6.71. The second-order valence-corrected chi connectivity index (χ2v) is 5.01. The van der Waals surface area contributed by atoms with Gasteiger partial charge in [-0.1, -0.05) is 13.8 Å². The maximum Gasteiger partial charge on any atom is 0.337 e. The molecule has 0 spiro atoms. The van der Waals surface area contributed by atoms with E-state index in [1.807, 2.05) is 0 Å². The smallest absolute Gasteiger partial charge is 0.337 e. The zero-order chi connectivity index (χ0) is 14.7. The Bertz CT molecular complexity index is 715. The number of hydrogen-bond acceptors (Lipinski definition) is 5.